The van der Waals surface area contributed by atoms with E-state index in [0.29, 0.717) is 11.4 Å². The van der Waals surface area contributed by atoms with Crippen LogP contribution in [0.2, 0.25) is 0 Å². The van der Waals surface area contributed by atoms with Gasteiger partial charge in [-0.3, -0.25) is 19.8 Å². The molecule has 12 nitrogen and oxygen atoms in total. The lowest BCUT2D eigenvalue weighted by atomic mass is 9.95. The molecule has 7 heterocycles. The van der Waals surface area contributed by atoms with E-state index in [-0.39, 0.29) is 0 Å². The molecular formula is C30H41N11O. The highest BCUT2D eigenvalue weighted by atomic mass is 16.6. The first-order valence-corrected chi connectivity index (χ1v) is 15.6. The molecule has 4 aliphatic rings. The number of nitrogens with one attached hydrogen (secondary N) is 1. The fourth-order valence-electron chi connectivity index (χ4n) is 7.34. The maximum Gasteiger partial charge on any atom is 0.228 e. The number of rotatable bonds is 6. The number of piperidine rings is 1. The first kappa shape index (κ1) is 27.8. The Hall–Kier alpha value is -3.00. The molecule has 222 valence electrons. The van der Waals surface area contributed by atoms with Gasteiger partial charge >= 0.3 is 0 Å². The van der Waals surface area contributed by atoms with Gasteiger partial charge < -0.3 is 10.1 Å². The van der Waals surface area contributed by atoms with Crippen LogP contribution < -0.4 is 5.32 Å². The van der Waals surface area contributed by atoms with Gasteiger partial charge in [0.1, 0.15) is 11.4 Å². The van der Waals surface area contributed by atoms with Gasteiger partial charge in [-0.15, -0.1) is 0 Å². The van der Waals surface area contributed by atoms with Gasteiger partial charge in [-0.05, 0) is 43.9 Å². The number of likely N-dealkylation sites (tertiary alicyclic amines) is 1. The maximum atomic E-state index is 7.65. The fourth-order valence-corrected chi connectivity index (χ4v) is 7.34. The smallest absolute Gasteiger partial charge is 0.228 e. The summed E-state index contributed by atoms with van der Waals surface area (Å²) in [5, 5.41) is 17.6. The van der Waals surface area contributed by atoms with Crippen molar-refractivity contribution in [2.45, 2.75) is 62.6 Å². The minimum absolute atomic E-state index is 0.410. The zero-order valence-electron chi connectivity index (χ0n) is 24.3. The molecule has 0 spiro atoms. The molecule has 3 aromatic heterocycles. The Morgan fingerprint density at radius 2 is 1.48 bits per heavy atom. The second-order valence-corrected chi connectivity index (χ2v) is 11.6. The van der Waals surface area contributed by atoms with Gasteiger partial charge in [0.05, 0.1) is 6.20 Å². The molecule has 4 fully saturated rings. The molecule has 0 amide bonds. The molecule has 3 atom stereocenters. The Morgan fingerprint density at radius 3 is 2.17 bits per heavy atom. The van der Waals surface area contributed by atoms with E-state index in [2.05, 4.69) is 35.2 Å². The lowest BCUT2D eigenvalue weighted by Crippen LogP contribution is -2.71. The maximum absolute atomic E-state index is 7.65. The van der Waals surface area contributed by atoms with Gasteiger partial charge in [-0.1, -0.05) is 19.3 Å². The van der Waals surface area contributed by atoms with E-state index in [1.54, 1.807) is 18.6 Å². The topological polar surface area (TPSA) is 112 Å². The van der Waals surface area contributed by atoms with Gasteiger partial charge in [0, 0.05) is 83.3 Å². The highest BCUT2D eigenvalue weighted by Crippen LogP contribution is 2.56. The molecule has 4 aliphatic heterocycles. The summed E-state index contributed by atoms with van der Waals surface area (Å²) in [6, 6.07) is 5.85. The summed E-state index contributed by atoms with van der Waals surface area (Å²) < 4.78 is 7.65. The molecule has 12 heteroatoms. The molecule has 0 radical (unpaired) electrons. The van der Waals surface area contributed by atoms with Gasteiger partial charge in [0.15, 0.2) is 17.7 Å². The van der Waals surface area contributed by atoms with E-state index >= 15 is 0 Å². The Bertz CT molecular complexity index is 1230. The molecular weight excluding hydrogens is 530 g/mol. The SMILES string of the molecule is c1cnc(C2(N3CCCCC3)C(N3CCNCC3)OC(c3cnccn3)(c3cccnn3)N2N2CCCCCC2)nc1. The van der Waals surface area contributed by atoms with Crippen LogP contribution in [0.25, 0.3) is 0 Å². The number of aromatic nitrogens is 6. The summed E-state index contributed by atoms with van der Waals surface area (Å²) in [5.74, 6) is 0.745. The summed E-state index contributed by atoms with van der Waals surface area (Å²) in [4.78, 5) is 24.7. The zero-order valence-corrected chi connectivity index (χ0v) is 24.3. The highest BCUT2D eigenvalue weighted by molar-refractivity contribution is 5.31. The third-order valence-electron chi connectivity index (χ3n) is 9.16. The average molecular weight is 572 g/mol. The van der Waals surface area contributed by atoms with E-state index in [1.807, 2.05) is 36.8 Å². The number of hydrogen-bond acceptors (Lipinski definition) is 12. The number of nitrogens with zero attached hydrogens (tertiary/aromatic N) is 10. The van der Waals surface area contributed by atoms with Crippen LogP contribution in [-0.2, 0) is 16.1 Å². The average Bonchev–Trinajstić information content (AvgIpc) is 3.18. The van der Waals surface area contributed by atoms with Gasteiger partial charge in [-0.25, -0.2) is 15.0 Å². The van der Waals surface area contributed by atoms with E-state index in [0.717, 1.165) is 83.9 Å². The number of hydrazine groups is 1. The fraction of sp³-hybridized carbons (Fsp3) is 0.600. The number of ether oxygens (including phenoxy) is 1. The Kier molecular flexibility index (Phi) is 8.15. The van der Waals surface area contributed by atoms with Crippen molar-refractivity contribution in [2.24, 2.45) is 0 Å². The van der Waals surface area contributed by atoms with E-state index in [4.69, 9.17) is 24.8 Å². The van der Waals surface area contributed by atoms with Gasteiger partial charge in [-0.2, -0.15) is 15.2 Å². The van der Waals surface area contributed by atoms with Crippen molar-refractivity contribution in [1.82, 2.24) is 55.3 Å². The molecule has 3 unspecified atom stereocenters. The predicted octanol–water partition coefficient (Wildman–Crippen LogP) is 1.95. The molecule has 0 saturated carbocycles. The summed E-state index contributed by atoms with van der Waals surface area (Å²) in [6.07, 6.45) is 18.4. The minimum Gasteiger partial charge on any atom is -0.325 e. The first-order valence-electron chi connectivity index (χ1n) is 15.6. The first-order chi connectivity index (χ1) is 20.8. The predicted molar refractivity (Wildman–Crippen MR) is 155 cm³/mol. The summed E-state index contributed by atoms with van der Waals surface area (Å²) in [5.41, 5.74) is -0.688. The molecule has 7 rings (SSSR count). The quantitative estimate of drug-likeness (QED) is 0.467. The van der Waals surface area contributed by atoms with Gasteiger partial charge in [0.2, 0.25) is 5.72 Å². The lowest BCUT2D eigenvalue weighted by molar-refractivity contribution is -0.229. The molecule has 0 bridgehead atoms. The van der Waals surface area contributed by atoms with Crippen molar-refractivity contribution < 1.29 is 4.74 Å². The molecule has 3 aromatic rings. The van der Waals surface area contributed by atoms with Crippen molar-refractivity contribution >= 4 is 0 Å². The van der Waals surface area contributed by atoms with Crippen molar-refractivity contribution in [3.05, 3.63) is 72.6 Å². The standard InChI is InChI=1S/C30H41N11O/c1-2-7-21-40(20-6-1)41-29(27-34-11-9-12-35-27,39-18-4-3-5-19-39)28(38-22-16-31-17-23-38)42-30(41,25-10-8-13-36-37-25)26-24-32-14-15-33-26/h8-15,24,28,31H,1-7,16-23H2. The number of piperazine rings is 1. The monoisotopic (exact) mass is 571 g/mol. The van der Waals surface area contributed by atoms with Crippen LogP contribution in [-0.4, -0.2) is 109 Å². The normalized spacial score (nSPS) is 30.7. The Labute approximate surface area is 247 Å². The zero-order chi connectivity index (χ0) is 28.2. The third-order valence-corrected chi connectivity index (χ3v) is 9.16. The van der Waals surface area contributed by atoms with E-state index in [9.17, 15) is 0 Å². The van der Waals surface area contributed by atoms with Crippen LogP contribution in [0, 0.1) is 0 Å². The Balaban J connectivity index is 1.56. The van der Waals surface area contributed by atoms with Gasteiger partial charge in [0.25, 0.3) is 0 Å². The molecule has 42 heavy (non-hydrogen) atoms. The molecule has 0 aliphatic carbocycles. The highest BCUT2D eigenvalue weighted by Gasteiger charge is 2.72. The van der Waals surface area contributed by atoms with E-state index < -0.39 is 17.6 Å². The van der Waals surface area contributed by atoms with Crippen LogP contribution in [0.1, 0.15) is 62.2 Å². The second-order valence-electron chi connectivity index (χ2n) is 11.6. The largest absolute Gasteiger partial charge is 0.325 e. The number of hydrogen-bond donors (Lipinski definition) is 1. The van der Waals surface area contributed by atoms with Crippen molar-refractivity contribution in [1.29, 1.82) is 0 Å². The van der Waals surface area contributed by atoms with Crippen LogP contribution in [0.3, 0.4) is 0 Å². The summed E-state index contributed by atoms with van der Waals surface area (Å²) >= 11 is 0. The van der Waals surface area contributed by atoms with Crippen LogP contribution >= 0.6 is 0 Å². The van der Waals surface area contributed by atoms with Crippen molar-refractivity contribution in [2.75, 3.05) is 52.4 Å². The summed E-state index contributed by atoms with van der Waals surface area (Å²) in [7, 11) is 0. The molecule has 4 saturated heterocycles. The molecule has 1 N–H and O–H groups in total. The molecule has 0 aromatic carbocycles. The van der Waals surface area contributed by atoms with Crippen molar-refractivity contribution in [3.8, 4) is 0 Å². The summed E-state index contributed by atoms with van der Waals surface area (Å²) in [6.45, 7) is 7.09. The lowest BCUT2D eigenvalue weighted by Gasteiger charge is -2.54. The van der Waals surface area contributed by atoms with E-state index in [1.165, 1.54) is 19.3 Å². The van der Waals surface area contributed by atoms with Crippen LogP contribution in [0.4, 0.5) is 0 Å². The van der Waals surface area contributed by atoms with Crippen molar-refractivity contribution in [3.63, 3.8) is 0 Å². The Morgan fingerprint density at radius 1 is 0.738 bits per heavy atom. The van der Waals surface area contributed by atoms with Crippen LogP contribution in [0.15, 0.2) is 55.4 Å². The minimum atomic E-state index is -1.21. The second kappa shape index (κ2) is 12.3. The van der Waals surface area contributed by atoms with Crippen LogP contribution in [0.5, 0.6) is 0 Å². The third kappa shape index (κ3) is 4.70.